The molecule has 0 aromatic rings. The first-order valence-electron chi connectivity index (χ1n) is 7.16. The lowest BCUT2D eigenvalue weighted by molar-refractivity contribution is 0.140. The van der Waals surface area contributed by atoms with Gasteiger partial charge in [0.2, 0.25) is 0 Å². The Hall–Kier alpha value is -0.0800. The van der Waals surface area contributed by atoms with Gasteiger partial charge in [-0.05, 0) is 64.1 Å². The summed E-state index contributed by atoms with van der Waals surface area (Å²) in [6.45, 7) is 11.0. The van der Waals surface area contributed by atoms with Crippen molar-refractivity contribution in [1.29, 1.82) is 0 Å². The van der Waals surface area contributed by atoms with Crippen molar-refractivity contribution in [1.82, 2.24) is 10.2 Å². The van der Waals surface area contributed by atoms with Crippen molar-refractivity contribution in [2.75, 3.05) is 19.6 Å². The van der Waals surface area contributed by atoms with Crippen molar-refractivity contribution >= 4 is 0 Å². The third kappa shape index (κ3) is 2.78. The zero-order valence-electron chi connectivity index (χ0n) is 11.2. The van der Waals surface area contributed by atoms with Crippen LogP contribution in [0.25, 0.3) is 0 Å². The summed E-state index contributed by atoms with van der Waals surface area (Å²) in [5, 5.41) is 3.59. The predicted octanol–water partition coefficient (Wildman–Crippen LogP) is 2.49. The highest BCUT2D eigenvalue weighted by Gasteiger charge is 2.33. The van der Waals surface area contributed by atoms with E-state index in [2.05, 4.69) is 31.0 Å². The molecule has 4 unspecified atom stereocenters. The summed E-state index contributed by atoms with van der Waals surface area (Å²) in [6, 6.07) is 1.58. The molecule has 2 fully saturated rings. The van der Waals surface area contributed by atoms with Crippen LogP contribution >= 0.6 is 0 Å². The number of rotatable bonds is 1. The molecule has 0 aromatic heterocycles. The second-order valence-electron chi connectivity index (χ2n) is 6.01. The molecule has 2 rings (SSSR count). The minimum atomic E-state index is 0.705. The Labute approximate surface area is 101 Å². The highest BCUT2D eigenvalue weighted by Crippen LogP contribution is 2.34. The van der Waals surface area contributed by atoms with Gasteiger partial charge in [0.15, 0.2) is 0 Å². The molecule has 0 bridgehead atoms. The van der Waals surface area contributed by atoms with Gasteiger partial charge in [0.25, 0.3) is 0 Å². The molecule has 2 heteroatoms. The molecule has 0 aromatic carbocycles. The van der Waals surface area contributed by atoms with E-state index in [-0.39, 0.29) is 0 Å². The summed E-state index contributed by atoms with van der Waals surface area (Å²) >= 11 is 0. The van der Waals surface area contributed by atoms with Crippen LogP contribution in [-0.4, -0.2) is 36.6 Å². The molecule has 0 amide bonds. The Kier molecular flexibility index (Phi) is 4.26. The van der Waals surface area contributed by atoms with E-state index in [1.54, 1.807) is 0 Å². The van der Waals surface area contributed by atoms with Crippen LogP contribution in [0.3, 0.4) is 0 Å². The van der Waals surface area contributed by atoms with Crippen molar-refractivity contribution in [3.63, 3.8) is 0 Å². The molecule has 16 heavy (non-hydrogen) atoms. The summed E-state index contributed by atoms with van der Waals surface area (Å²) in [5.74, 6) is 1.84. The maximum absolute atomic E-state index is 3.59. The summed E-state index contributed by atoms with van der Waals surface area (Å²) < 4.78 is 0. The van der Waals surface area contributed by atoms with Gasteiger partial charge in [-0.25, -0.2) is 0 Å². The molecule has 2 nitrogen and oxygen atoms in total. The van der Waals surface area contributed by atoms with Gasteiger partial charge in [0.05, 0.1) is 0 Å². The fourth-order valence-corrected chi connectivity index (χ4v) is 3.39. The summed E-state index contributed by atoms with van der Waals surface area (Å²) in [6.07, 6.45) is 5.51. The number of nitrogens with zero attached hydrogens (tertiary/aromatic N) is 1. The van der Waals surface area contributed by atoms with Crippen molar-refractivity contribution in [2.45, 2.75) is 58.5 Å². The van der Waals surface area contributed by atoms with Gasteiger partial charge < -0.3 is 10.2 Å². The molecule has 1 aliphatic heterocycles. The SMILES string of the molecule is CC1CCN(C2CCC(C)C2C)CCCN1. The average Bonchev–Trinajstić information content (AvgIpc) is 2.56. The zero-order chi connectivity index (χ0) is 11.5. The van der Waals surface area contributed by atoms with E-state index in [0.29, 0.717) is 6.04 Å². The predicted molar refractivity (Wildman–Crippen MR) is 69.6 cm³/mol. The first kappa shape index (κ1) is 12.4. The van der Waals surface area contributed by atoms with Gasteiger partial charge in [-0.15, -0.1) is 0 Å². The normalized spacial score (nSPS) is 42.9. The number of hydrogen-bond acceptors (Lipinski definition) is 2. The van der Waals surface area contributed by atoms with Crippen LogP contribution in [-0.2, 0) is 0 Å². The zero-order valence-corrected chi connectivity index (χ0v) is 11.2. The van der Waals surface area contributed by atoms with Crippen LogP contribution in [0.4, 0.5) is 0 Å². The molecule has 0 radical (unpaired) electrons. The fourth-order valence-electron chi connectivity index (χ4n) is 3.39. The Morgan fingerprint density at radius 2 is 1.81 bits per heavy atom. The Bertz CT molecular complexity index is 217. The topological polar surface area (TPSA) is 15.3 Å². The summed E-state index contributed by atoms with van der Waals surface area (Å²) in [4.78, 5) is 2.78. The number of nitrogens with one attached hydrogen (secondary N) is 1. The highest BCUT2D eigenvalue weighted by atomic mass is 15.2. The van der Waals surface area contributed by atoms with Crippen LogP contribution in [0.2, 0.25) is 0 Å². The van der Waals surface area contributed by atoms with E-state index in [1.165, 1.54) is 45.3 Å². The maximum Gasteiger partial charge on any atom is 0.0123 e. The lowest BCUT2D eigenvalue weighted by atomic mass is 9.96. The van der Waals surface area contributed by atoms with Crippen LogP contribution in [0, 0.1) is 11.8 Å². The van der Waals surface area contributed by atoms with Gasteiger partial charge in [-0.1, -0.05) is 13.8 Å². The Balaban J connectivity index is 1.91. The molecule has 1 saturated carbocycles. The molecule has 4 atom stereocenters. The average molecular weight is 224 g/mol. The van der Waals surface area contributed by atoms with Crippen LogP contribution in [0.1, 0.15) is 46.5 Å². The Morgan fingerprint density at radius 1 is 1.00 bits per heavy atom. The van der Waals surface area contributed by atoms with Crippen LogP contribution < -0.4 is 5.32 Å². The second-order valence-corrected chi connectivity index (χ2v) is 6.01. The minimum Gasteiger partial charge on any atom is -0.314 e. The first-order chi connectivity index (χ1) is 7.68. The largest absolute Gasteiger partial charge is 0.314 e. The summed E-state index contributed by atoms with van der Waals surface area (Å²) in [5.41, 5.74) is 0. The Morgan fingerprint density at radius 3 is 2.50 bits per heavy atom. The quantitative estimate of drug-likeness (QED) is 0.736. The monoisotopic (exact) mass is 224 g/mol. The van der Waals surface area contributed by atoms with Gasteiger partial charge in [0.1, 0.15) is 0 Å². The van der Waals surface area contributed by atoms with Crippen molar-refractivity contribution in [3.05, 3.63) is 0 Å². The second kappa shape index (κ2) is 5.50. The van der Waals surface area contributed by atoms with E-state index in [4.69, 9.17) is 0 Å². The van der Waals surface area contributed by atoms with E-state index in [9.17, 15) is 0 Å². The minimum absolute atomic E-state index is 0.705. The molecular weight excluding hydrogens is 196 g/mol. The smallest absolute Gasteiger partial charge is 0.0123 e. The van der Waals surface area contributed by atoms with Gasteiger partial charge in [-0.2, -0.15) is 0 Å². The maximum atomic E-state index is 3.59. The molecule has 0 spiro atoms. The molecule has 1 aliphatic carbocycles. The highest BCUT2D eigenvalue weighted by molar-refractivity contribution is 4.88. The third-order valence-electron chi connectivity index (χ3n) is 4.86. The van der Waals surface area contributed by atoms with Crippen LogP contribution in [0.5, 0.6) is 0 Å². The molecule has 1 heterocycles. The lowest BCUT2D eigenvalue weighted by Crippen LogP contribution is -2.44. The standard InChI is InChI=1S/C14H28N2/c1-11-5-6-14(13(11)3)16-9-4-8-15-12(2)7-10-16/h11-15H,4-10H2,1-3H3. The fraction of sp³-hybridized carbons (Fsp3) is 1.00. The van der Waals surface area contributed by atoms with Gasteiger partial charge >= 0.3 is 0 Å². The van der Waals surface area contributed by atoms with Crippen molar-refractivity contribution in [3.8, 4) is 0 Å². The van der Waals surface area contributed by atoms with Crippen molar-refractivity contribution < 1.29 is 0 Å². The summed E-state index contributed by atoms with van der Waals surface area (Å²) in [7, 11) is 0. The van der Waals surface area contributed by atoms with E-state index >= 15 is 0 Å². The number of hydrogen-bond donors (Lipinski definition) is 1. The third-order valence-corrected chi connectivity index (χ3v) is 4.86. The van der Waals surface area contributed by atoms with Gasteiger partial charge in [0, 0.05) is 12.1 Å². The first-order valence-corrected chi connectivity index (χ1v) is 7.16. The van der Waals surface area contributed by atoms with Crippen molar-refractivity contribution in [2.24, 2.45) is 11.8 Å². The molecule has 1 saturated heterocycles. The molecule has 1 N–H and O–H groups in total. The van der Waals surface area contributed by atoms with Crippen LogP contribution in [0.15, 0.2) is 0 Å². The van der Waals surface area contributed by atoms with E-state index in [1.807, 2.05) is 0 Å². The lowest BCUT2D eigenvalue weighted by Gasteiger charge is -2.35. The van der Waals surface area contributed by atoms with E-state index in [0.717, 1.165) is 17.9 Å². The molecule has 94 valence electrons. The molecular formula is C14H28N2. The van der Waals surface area contributed by atoms with Gasteiger partial charge in [-0.3, -0.25) is 0 Å². The molecule has 2 aliphatic rings. The van der Waals surface area contributed by atoms with E-state index < -0.39 is 0 Å².